The number of hydrogen-bond donors (Lipinski definition) is 0. The molecule has 3 aromatic rings. The maximum atomic E-state index is 12.9. The van der Waals surface area contributed by atoms with E-state index < -0.39 is 0 Å². The molecule has 1 saturated carbocycles. The van der Waals surface area contributed by atoms with Crippen LogP contribution in [0.4, 0.5) is 0 Å². The highest BCUT2D eigenvalue weighted by atomic mass is 16.5. The van der Waals surface area contributed by atoms with Gasteiger partial charge in [0.15, 0.2) is 5.69 Å². The standard InChI is InChI=1S/C17H19N7O2/c1-11-16-19-7-13(8-22-10-18-9-20-22)24(16)5-4-23(11)17(25)14-6-15(26-21-14)12-2-3-12/h6-7,9-12H,2-5,8H2,1H3. The van der Waals surface area contributed by atoms with Crippen molar-refractivity contribution in [2.75, 3.05) is 6.54 Å². The van der Waals surface area contributed by atoms with E-state index >= 15 is 0 Å². The minimum absolute atomic E-state index is 0.0970. The number of amides is 1. The third kappa shape index (κ3) is 2.51. The van der Waals surface area contributed by atoms with E-state index in [4.69, 9.17) is 4.52 Å². The lowest BCUT2D eigenvalue weighted by Gasteiger charge is -2.33. The first-order valence-electron chi connectivity index (χ1n) is 8.85. The lowest BCUT2D eigenvalue weighted by Crippen LogP contribution is -2.41. The van der Waals surface area contributed by atoms with Crippen molar-refractivity contribution in [2.24, 2.45) is 0 Å². The SMILES string of the molecule is CC1c2ncc(Cn3cncn3)n2CCN1C(=O)c1cc(C2CC2)on1. The van der Waals surface area contributed by atoms with Gasteiger partial charge < -0.3 is 14.0 Å². The molecular formula is C17H19N7O2. The van der Waals surface area contributed by atoms with Gasteiger partial charge in [0.05, 0.1) is 24.5 Å². The van der Waals surface area contributed by atoms with Crippen LogP contribution in [-0.4, -0.2) is 46.8 Å². The molecule has 2 aliphatic rings. The third-order valence-electron chi connectivity index (χ3n) is 5.15. The van der Waals surface area contributed by atoms with Gasteiger partial charge in [0.25, 0.3) is 5.91 Å². The van der Waals surface area contributed by atoms with Gasteiger partial charge in [0.2, 0.25) is 0 Å². The van der Waals surface area contributed by atoms with Gasteiger partial charge in [-0.05, 0) is 19.8 Å². The van der Waals surface area contributed by atoms with E-state index in [2.05, 4.69) is 24.8 Å². The summed E-state index contributed by atoms with van der Waals surface area (Å²) < 4.78 is 9.26. The second kappa shape index (κ2) is 5.79. The first kappa shape index (κ1) is 15.3. The van der Waals surface area contributed by atoms with Gasteiger partial charge in [-0.3, -0.25) is 4.79 Å². The number of imidazole rings is 1. The van der Waals surface area contributed by atoms with Crippen molar-refractivity contribution in [3.8, 4) is 0 Å². The summed E-state index contributed by atoms with van der Waals surface area (Å²) in [7, 11) is 0. The average molecular weight is 353 g/mol. The Hall–Kier alpha value is -2.97. The van der Waals surface area contributed by atoms with E-state index in [0.29, 0.717) is 31.2 Å². The second-order valence-electron chi connectivity index (χ2n) is 6.92. The summed E-state index contributed by atoms with van der Waals surface area (Å²) >= 11 is 0. The molecule has 1 fully saturated rings. The zero-order valence-corrected chi connectivity index (χ0v) is 14.4. The van der Waals surface area contributed by atoms with Crippen LogP contribution >= 0.6 is 0 Å². The van der Waals surface area contributed by atoms with Gasteiger partial charge in [0.1, 0.15) is 24.2 Å². The molecule has 26 heavy (non-hydrogen) atoms. The maximum absolute atomic E-state index is 12.9. The minimum Gasteiger partial charge on any atom is -0.360 e. The minimum atomic E-state index is -0.123. The first-order chi connectivity index (χ1) is 12.7. The quantitative estimate of drug-likeness (QED) is 0.707. The topological polar surface area (TPSA) is 94.9 Å². The molecular weight excluding hydrogens is 334 g/mol. The van der Waals surface area contributed by atoms with Crippen molar-refractivity contribution in [3.05, 3.63) is 47.9 Å². The smallest absolute Gasteiger partial charge is 0.276 e. The van der Waals surface area contributed by atoms with Gasteiger partial charge in [-0.2, -0.15) is 5.10 Å². The number of rotatable bonds is 4. The van der Waals surface area contributed by atoms with Crippen LogP contribution in [0, 0.1) is 0 Å². The van der Waals surface area contributed by atoms with Gasteiger partial charge in [-0.15, -0.1) is 0 Å². The Morgan fingerprint density at radius 2 is 2.23 bits per heavy atom. The Labute approximate surface area is 149 Å². The van der Waals surface area contributed by atoms with Crippen LogP contribution < -0.4 is 0 Å². The normalized spacial score (nSPS) is 19.6. The number of aromatic nitrogens is 6. The molecule has 1 unspecified atom stereocenters. The van der Waals surface area contributed by atoms with Crippen LogP contribution in [0.5, 0.6) is 0 Å². The summed E-state index contributed by atoms with van der Waals surface area (Å²) in [5, 5.41) is 8.13. The molecule has 3 aromatic heterocycles. The molecule has 1 atom stereocenters. The number of nitrogens with zero attached hydrogens (tertiary/aromatic N) is 7. The Morgan fingerprint density at radius 1 is 1.35 bits per heavy atom. The molecule has 0 aromatic carbocycles. The Bertz CT molecular complexity index is 938. The Balaban J connectivity index is 1.37. The van der Waals surface area contributed by atoms with E-state index in [1.165, 1.54) is 6.33 Å². The fraction of sp³-hybridized carbons (Fsp3) is 0.471. The van der Waals surface area contributed by atoms with E-state index in [-0.39, 0.29) is 11.9 Å². The molecule has 1 aliphatic heterocycles. The highest BCUT2D eigenvalue weighted by Gasteiger charge is 2.34. The fourth-order valence-electron chi connectivity index (χ4n) is 3.54. The second-order valence-corrected chi connectivity index (χ2v) is 6.92. The Morgan fingerprint density at radius 3 is 3.00 bits per heavy atom. The highest BCUT2D eigenvalue weighted by Crippen LogP contribution is 2.40. The summed E-state index contributed by atoms with van der Waals surface area (Å²) in [5.41, 5.74) is 1.45. The van der Waals surface area contributed by atoms with Crippen molar-refractivity contribution in [3.63, 3.8) is 0 Å². The number of carbonyl (C=O) groups excluding carboxylic acids is 1. The molecule has 0 radical (unpaired) electrons. The van der Waals surface area contributed by atoms with E-state index in [1.54, 1.807) is 17.1 Å². The van der Waals surface area contributed by atoms with E-state index in [9.17, 15) is 4.79 Å². The molecule has 1 amide bonds. The molecule has 9 heteroatoms. The molecule has 5 rings (SSSR count). The van der Waals surface area contributed by atoms with Crippen molar-refractivity contribution in [2.45, 2.75) is 44.8 Å². The van der Waals surface area contributed by atoms with Gasteiger partial charge in [-0.1, -0.05) is 5.16 Å². The molecule has 9 nitrogen and oxygen atoms in total. The van der Waals surface area contributed by atoms with Gasteiger partial charge >= 0.3 is 0 Å². The molecule has 134 valence electrons. The summed E-state index contributed by atoms with van der Waals surface area (Å²) in [6.07, 6.45) is 7.29. The molecule has 0 spiro atoms. The molecule has 1 aliphatic carbocycles. The summed E-state index contributed by atoms with van der Waals surface area (Å²) in [6.45, 7) is 3.92. The predicted molar refractivity (Wildman–Crippen MR) is 89.3 cm³/mol. The number of hydrogen-bond acceptors (Lipinski definition) is 6. The summed E-state index contributed by atoms with van der Waals surface area (Å²) in [4.78, 5) is 23.2. The zero-order chi connectivity index (χ0) is 17.7. The monoisotopic (exact) mass is 353 g/mol. The van der Waals surface area contributed by atoms with Crippen LogP contribution in [-0.2, 0) is 13.1 Å². The zero-order valence-electron chi connectivity index (χ0n) is 14.4. The van der Waals surface area contributed by atoms with Crippen LogP contribution in [0.15, 0.2) is 29.4 Å². The van der Waals surface area contributed by atoms with Crippen LogP contribution in [0.1, 0.15) is 59.5 Å². The molecule has 0 saturated heterocycles. The van der Waals surface area contributed by atoms with Crippen molar-refractivity contribution < 1.29 is 9.32 Å². The number of fused-ring (bicyclic) bond motifs is 1. The highest BCUT2D eigenvalue weighted by molar-refractivity contribution is 5.92. The van der Waals surface area contributed by atoms with E-state index in [1.807, 2.05) is 18.0 Å². The lowest BCUT2D eigenvalue weighted by atomic mass is 10.1. The maximum Gasteiger partial charge on any atom is 0.276 e. The lowest BCUT2D eigenvalue weighted by molar-refractivity contribution is 0.0625. The average Bonchev–Trinajstić information content (AvgIpc) is 3.05. The van der Waals surface area contributed by atoms with Crippen LogP contribution in [0.3, 0.4) is 0 Å². The fourth-order valence-corrected chi connectivity index (χ4v) is 3.54. The third-order valence-corrected chi connectivity index (χ3v) is 5.15. The van der Waals surface area contributed by atoms with Crippen LogP contribution in [0.25, 0.3) is 0 Å². The van der Waals surface area contributed by atoms with Gasteiger partial charge in [0, 0.05) is 25.1 Å². The molecule has 0 bridgehead atoms. The van der Waals surface area contributed by atoms with Gasteiger partial charge in [-0.25, -0.2) is 14.6 Å². The summed E-state index contributed by atoms with van der Waals surface area (Å²) in [5.74, 6) is 2.06. The number of carbonyl (C=O) groups is 1. The first-order valence-corrected chi connectivity index (χ1v) is 8.85. The van der Waals surface area contributed by atoms with E-state index in [0.717, 1.165) is 30.1 Å². The molecule has 0 N–H and O–H groups in total. The van der Waals surface area contributed by atoms with Crippen molar-refractivity contribution >= 4 is 5.91 Å². The van der Waals surface area contributed by atoms with Crippen molar-refractivity contribution in [1.29, 1.82) is 0 Å². The largest absolute Gasteiger partial charge is 0.360 e. The molecule has 4 heterocycles. The Kier molecular flexibility index (Phi) is 3.41. The van der Waals surface area contributed by atoms with Crippen LogP contribution in [0.2, 0.25) is 0 Å². The summed E-state index contributed by atoms with van der Waals surface area (Å²) in [6, 6.07) is 1.67. The van der Waals surface area contributed by atoms with Crippen molar-refractivity contribution in [1.82, 2.24) is 34.4 Å². The predicted octanol–water partition coefficient (Wildman–Crippen LogP) is 1.61.